The van der Waals surface area contributed by atoms with Gasteiger partial charge in [0.05, 0.1) is 20.9 Å². The number of sulfonamides is 1. The summed E-state index contributed by atoms with van der Waals surface area (Å²) in [7, 11) is -3.72. The van der Waals surface area contributed by atoms with Crippen LogP contribution in [0.1, 0.15) is 4.88 Å². The quantitative estimate of drug-likeness (QED) is 0.518. The fourth-order valence-corrected chi connectivity index (χ4v) is 2.83. The van der Waals surface area contributed by atoms with E-state index in [1.54, 1.807) is 18.2 Å². The normalized spacial score (nSPS) is 11.6. The zero-order valence-electron chi connectivity index (χ0n) is 9.96. The Morgan fingerprint density at radius 2 is 1.90 bits per heavy atom. The van der Waals surface area contributed by atoms with Crippen LogP contribution in [0, 0.1) is 10.1 Å². The second kappa shape index (κ2) is 5.80. The molecule has 0 spiro atoms. The van der Waals surface area contributed by atoms with Gasteiger partial charge in [0.25, 0.3) is 10.0 Å². The summed E-state index contributed by atoms with van der Waals surface area (Å²) in [6.07, 6.45) is 1.22. The first-order valence-electron chi connectivity index (χ1n) is 5.33. The van der Waals surface area contributed by atoms with Crippen molar-refractivity contribution >= 4 is 32.6 Å². The van der Waals surface area contributed by atoms with Gasteiger partial charge >= 0.3 is 5.00 Å². The fourth-order valence-electron chi connectivity index (χ4n) is 1.32. The summed E-state index contributed by atoms with van der Waals surface area (Å²) in [4.78, 5) is 12.6. The van der Waals surface area contributed by atoms with Gasteiger partial charge in [-0.3, -0.25) is 10.1 Å². The third-order valence-electron chi connectivity index (χ3n) is 2.21. The van der Waals surface area contributed by atoms with Crippen molar-refractivity contribution in [2.75, 3.05) is 0 Å². The topological polar surface area (TPSA) is 102 Å². The summed E-state index contributed by atoms with van der Waals surface area (Å²) in [6.45, 7) is 0. The van der Waals surface area contributed by atoms with Gasteiger partial charge in [0.2, 0.25) is 0 Å². The maximum atomic E-state index is 11.8. The molecule has 0 amide bonds. The Morgan fingerprint density at radius 1 is 1.20 bits per heavy atom. The molecule has 0 unspecified atom stereocenters. The molecule has 2 rings (SSSR count). The predicted molar refractivity (Wildman–Crippen MR) is 75.3 cm³/mol. The van der Waals surface area contributed by atoms with Crippen molar-refractivity contribution in [1.29, 1.82) is 0 Å². The van der Waals surface area contributed by atoms with Crippen molar-refractivity contribution in [3.8, 4) is 0 Å². The van der Waals surface area contributed by atoms with Crippen molar-refractivity contribution in [3.63, 3.8) is 0 Å². The lowest BCUT2D eigenvalue weighted by Crippen LogP contribution is -2.18. The molecule has 0 saturated heterocycles. The highest BCUT2D eigenvalue weighted by molar-refractivity contribution is 7.89. The van der Waals surface area contributed by atoms with Gasteiger partial charge < -0.3 is 0 Å². The zero-order chi connectivity index (χ0) is 14.6. The van der Waals surface area contributed by atoms with Crippen LogP contribution in [0.5, 0.6) is 0 Å². The summed E-state index contributed by atoms with van der Waals surface area (Å²) in [5, 5.41) is 14.0. The standard InChI is InChI=1S/C11H9N3O4S2/c15-14(16)11-7-6-9(19-11)8-12-13-20(17,18)10-4-2-1-3-5-10/h1-8,13H/b12-8-. The van der Waals surface area contributed by atoms with Gasteiger partial charge in [0, 0.05) is 6.07 Å². The van der Waals surface area contributed by atoms with Crippen molar-refractivity contribution in [1.82, 2.24) is 4.83 Å². The molecule has 9 heteroatoms. The van der Waals surface area contributed by atoms with Crippen molar-refractivity contribution in [2.24, 2.45) is 5.10 Å². The molecule has 7 nitrogen and oxygen atoms in total. The lowest BCUT2D eigenvalue weighted by atomic mass is 10.4. The number of hydrogen-bond donors (Lipinski definition) is 1. The number of rotatable bonds is 5. The van der Waals surface area contributed by atoms with E-state index in [2.05, 4.69) is 5.10 Å². The Balaban J connectivity index is 2.08. The molecule has 0 radical (unpaired) electrons. The van der Waals surface area contributed by atoms with E-state index < -0.39 is 14.9 Å². The second-order valence-electron chi connectivity index (χ2n) is 3.60. The third-order valence-corrected chi connectivity index (χ3v) is 4.42. The van der Waals surface area contributed by atoms with Gasteiger partial charge in [-0.25, -0.2) is 4.83 Å². The summed E-state index contributed by atoms with van der Waals surface area (Å²) in [6, 6.07) is 10.6. The summed E-state index contributed by atoms with van der Waals surface area (Å²) in [5.74, 6) is 0. The average Bonchev–Trinajstić information content (AvgIpc) is 2.89. The monoisotopic (exact) mass is 311 g/mol. The van der Waals surface area contributed by atoms with Gasteiger partial charge in [-0.15, -0.1) is 0 Å². The van der Waals surface area contributed by atoms with E-state index in [9.17, 15) is 18.5 Å². The predicted octanol–water partition coefficient (Wildman–Crippen LogP) is 1.97. The van der Waals surface area contributed by atoms with Crippen LogP contribution in [-0.4, -0.2) is 19.6 Å². The SMILES string of the molecule is O=[N+]([O-])c1ccc(/C=N\NS(=O)(=O)c2ccccc2)s1. The van der Waals surface area contributed by atoms with Crippen molar-refractivity contribution in [2.45, 2.75) is 4.90 Å². The van der Waals surface area contributed by atoms with Gasteiger partial charge in [-0.2, -0.15) is 13.5 Å². The molecule has 0 bridgehead atoms. The molecular formula is C11H9N3O4S2. The van der Waals surface area contributed by atoms with Crippen LogP contribution in [0.15, 0.2) is 52.5 Å². The number of benzene rings is 1. The van der Waals surface area contributed by atoms with Gasteiger partial charge in [-0.1, -0.05) is 29.5 Å². The molecule has 0 saturated carbocycles. The van der Waals surface area contributed by atoms with Gasteiger partial charge in [0.15, 0.2) is 0 Å². The number of hydrogen-bond acceptors (Lipinski definition) is 6. The number of hydrazone groups is 1. The largest absolute Gasteiger partial charge is 0.324 e. The highest BCUT2D eigenvalue weighted by atomic mass is 32.2. The first kappa shape index (κ1) is 14.2. The maximum absolute atomic E-state index is 11.8. The Kier molecular flexibility index (Phi) is 4.11. The lowest BCUT2D eigenvalue weighted by molar-refractivity contribution is -0.380. The minimum absolute atomic E-state index is 0.0302. The Labute approximate surface area is 118 Å². The molecule has 0 atom stereocenters. The third kappa shape index (κ3) is 3.39. The highest BCUT2D eigenvalue weighted by Gasteiger charge is 2.12. The number of nitrogens with one attached hydrogen (secondary N) is 1. The molecular weight excluding hydrogens is 302 g/mol. The van der Waals surface area contributed by atoms with Gasteiger partial charge in [0.1, 0.15) is 0 Å². The summed E-state index contributed by atoms with van der Waals surface area (Å²) >= 11 is 0.904. The van der Waals surface area contributed by atoms with E-state index in [-0.39, 0.29) is 9.90 Å². The van der Waals surface area contributed by atoms with Crippen LogP contribution in [0.4, 0.5) is 5.00 Å². The van der Waals surface area contributed by atoms with E-state index in [0.717, 1.165) is 11.3 Å². The molecule has 0 aliphatic rings. The molecule has 1 aromatic carbocycles. The minimum Gasteiger partial charge on any atom is -0.258 e. The first-order chi connectivity index (χ1) is 9.49. The first-order valence-corrected chi connectivity index (χ1v) is 7.63. The smallest absolute Gasteiger partial charge is 0.258 e. The molecule has 20 heavy (non-hydrogen) atoms. The molecule has 1 N–H and O–H groups in total. The van der Waals surface area contributed by atoms with E-state index in [1.165, 1.54) is 30.5 Å². The number of thiophene rings is 1. The Hall–Kier alpha value is -2.26. The van der Waals surface area contributed by atoms with E-state index in [0.29, 0.717) is 4.88 Å². The Morgan fingerprint density at radius 3 is 2.50 bits per heavy atom. The van der Waals surface area contributed by atoms with E-state index in [4.69, 9.17) is 0 Å². The van der Waals surface area contributed by atoms with E-state index in [1.807, 2.05) is 4.83 Å². The summed E-state index contributed by atoms with van der Waals surface area (Å²) < 4.78 is 23.6. The van der Waals surface area contributed by atoms with Crippen LogP contribution < -0.4 is 4.83 Å². The molecule has 2 aromatic rings. The minimum atomic E-state index is -3.72. The molecule has 1 aromatic heterocycles. The second-order valence-corrected chi connectivity index (χ2v) is 6.35. The Bertz CT molecular complexity index is 738. The molecule has 0 fully saturated rings. The maximum Gasteiger partial charge on any atom is 0.324 e. The molecule has 0 aliphatic carbocycles. The van der Waals surface area contributed by atoms with Gasteiger partial charge in [-0.05, 0) is 18.2 Å². The highest BCUT2D eigenvalue weighted by Crippen LogP contribution is 2.22. The molecule has 104 valence electrons. The molecule has 1 heterocycles. The van der Waals surface area contributed by atoms with E-state index >= 15 is 0 Å². The van der Waals surface area contributed by atoms with Crippen molar-refractivity contribution < 1.29 is 13.3 Å². The number of nitro groups is 1. The number of nitrogens with zero attached hydrogens (tertiary/aromatic N) is 2. The van der Waals surface area contributed by atoms with Crippen LogP contribution in [0.2, 0.25) is 0 Å². The fraction of sp³-hybridized carbons (Fsp3) is 0. The van der Waals surface area contributed by atoms with Crippen LogP contribution in [0.3, 0.4) is 0 Å². The zero-order valence-corrected chi connectivity index (χ0v) is 11.6. The lowest BCUT2D eigenvalue weighted by Gasteiger charge is -2.01. The van der Waals surface area contributed by atoms with Crippen LogP contribution >= 0.6 is 11.3 Å². The average molecular weight is 311 g/mol. The van der Waals surface area contributed by atoms with Crippen LogP contribution in [0.25, 0.3) is 0 Å². The van der Waals surface area contributed by atoms with Crippen LogP contribution in [-0.2, 0) is 10.0 Å². The summed E-state index contributed by atoms with van der Waals surface area (Å²) in [5.41, 5.74) is 0. The molecule has 0 aliphatic heterocycles. The van der Waals surface area contributed by atoms with Crippen molar-refractivity contribution in [3.05, 3.63) is 57.5 Å².